The summed E-state index contributed by atoms with van der Waals surface area (Å²) in [5, 5.41) is 12.1. The second kappa shape index (κ2) is 11.0. The van der Waals surface area contributed by atoms with Crippen LogP contribution in [0.3, 0.4) is 0 Å². The highest BCUT2D eigenvalue weighted by molar-refractivity contribution is 5.95. The Hall–Kier alpha value is -4.42. The summed E-state index contributed by atoms with van der Waals surface area (Å²) in [6.07, 6.45) is 6.07. The van der Waals surface area contributed by atoms with E-state index in [0.29, 0.717) is 19.0 Å². The Morgan fingerprint density at radius 2 is 1.95 bits per heavy atom. The monoisotopic (exact) mass is 574 g/mol. The fourth-order valence-electron chi connectivity index (χ4n) is 7.24. The molecular formula is C34H38N8O. The third kappa shape index (κ3) is 4.70. The summed E-state index contributed by atoms with van der Waals surface area (Å²) in [4.78, 5) is 31.8. The number of aromatic nitrogens is 3. The number of anilines is 2. The highest BCUT2D eigenvalue weighted by Gasteiger charge is 2.36. The summed E-state index contributed by atoms with van der Waals surface area (Å²) in [6, 6.07) is 18.0. The lowest BCUT2D eigenvalue weighted by Gasteiger charge is -2.44. The van der Waals surface area contributed by atoms with Gasteiger partial charge >= 0.3 is 0 Å². The molecule has 9 heteroatoms. The lowest BCUT2D eigenvalue weighted by atomic mass is 9.94. The maximum atomic E-state index is 12.6. The summed E-state index contributed by atoms with van der Waals surface area (Å²) >= 11 is 0. The molecule has 7 rings (SSSR count). The van der Waals surface area contributed by atoms with Crippen molar-refractivity contribution in [1.82, 2.24) is 24.3 Å². The molecule has 1 amide bonds. The predicted molar refractivity (Wildman–Crippen MR) is 170 cm³/mol. The van der Waals surface area contributed by atoms with Gasteiger partial charge in [-0.2, -0.15) is 5.26 Å². The summed E-state index contributed by atoms with van der Waals surface area (Å²) < 4.78 is 2.34. The Morgan fingerprint density at radius 3 is 2.74 bits per heavy atom. The van der Waals surface area contributed by atoms with Crippen LogP contribution in [0.1, 0.15) is 36.6 Å². The maximum absolute atomic E-state index is 12.6. The summed E-state index contributed by atoms with van der Waals surface area (Å²) in [5.41, 5.74) is 5.78. The number of hydrogen-bond donors (Lipinski definition) is 0. The third-order valence-electron chi connectivity index (χ3n) is 9.72. The number of likely N-dealkylation sites (N-methyl/N-ethyl adjacent to an activating group) is 1. The molecule has 0 spiro atoms. The summed E-state index contributed by atoms with van der Waals surface area (Å²) in [6.45, 7) is 7.79. The minimum absolute atomic E-state index is 0.0974. The molecule has 4 aromatic rings. The van der Waals surface area contributed by atoms with Crippen molar-refractivity contribution in [2.45, 2.75) is 50.4 Å². The number of piperidine rings is 1. The first kappa shape index (κ1) is 27.4. The molecule has 9 nitrogen and oxygen atoms in total. The van der Waals surface area contributed by atoms with Gasteiger partial charge in [0.1, 0.15) is 5.52 Å². The van der Waals surface area contributed by atoms with Crippen molar-refractivity contribution in [2.75, 3.05) is 50.1 Å². The van der Waals surface area contributed by atoms with Gasteiger partial charge in [-0.15, -0.1) is 0 Å². The van der Waals surface area contributed by atoms with E-state index in [-0.39, 0.29) is 18.0 Å². The largest absolute Gasteiger partial charge is 0.365 e. The summed E-state index contributed by atoms with van der Waals surface area (Å²) in [7, 11) is 4.27. The van der Waals surface area contributed by atoms with Crippen molar-refractivity contribution in [3.63, 3.8) is 0 Å². The Balaban J connectivity index is 1.29. The first-order chi connectivity index (χ1) is 21.0. The van der Waals surface area contributed by atoms with Crippen LogP contribution in [0, 0.1) is 11.3 Å². The number of benzene rings is 2. The SMILES string of the molecule is C=CC(=O)N1CCC(n2cnc3c(N4CC(N(C)C)C4)nc4c(c32)CCN(c2cccc3ccccc23)C4)CC1CC#N. The zero-order valence-corrected chi connectivity index (χ0v) is 25.0. The number of fused-ring (bicyclic) bond motifs is 4. The zero-order valence-electron chi connectivity index (χ0n) is 25.0. The molecule has 43 heavy (non-hydrogen) atoms. The Labute approximate surface area is 252 Å². The number of carbonyl (C=O) groups is 1. The molecule has 0 bridgehead atoms. The Kier molecular flexibility index (Phi) is 7.02. The van der Waals surface area contributed by atoms with E-state index in [9.17, 15) is 10.1 Å². The van der Waals surface area contributed by atoms with Gasteiger partial charge < -0.3 is 24.2 Å². The van der Waals surface area contributed by atoms with Crippen molar-refractivity contribution in [1.29, 1.82) is 5.26 Å². The van der Waals surface area contributed by atoms with Crippen LogP contribution in [0.5, 0.6) is 0 Å². The molecule has 0 N–H and O–H groups in total. The number of likely N-dealkylation sites (tertiary alicyclic amines) is 1. The van der Waals surface area contributed by atoms with Crippen LogP contribution < -0.4 is 9.80 Å². The minimum Gasteiger partial charge on any atom is -0.365 e. The second-order valence-electron chi connectivity index (χ2n) is 12.3. The molecule has 220 valence electrons. The molecule has 2 aromatic carbocycles. The Morgan fingerprint density at radius 1 is 1.14 bits per heavy atom. The second-order valence-corrected chi connectivity index (χ2v) is 12.3. The van der Waals surface area contributed by atoms with Gasteiger partial charge in [0.05, 0.1) is 36.6 Å². The van der Waals surface area contributed by atoms with Crippen molar-refractivity contribution >= 4 is 39.2 Å². The average Bonchev–Trinajstić information content (AvgIpc) is 3.45. The lowest BCUT2D eigenvalue weighted by molar-refractivity contribution is -0.130. The molecule has 0 radical (unpaired) electrons. The number of carbonyl (C=O) groups excluding carboxylic acids is 1. The number of nitrogens with zero attached hydrogens (tertiary/aromatic N) is 8. The van der Waals surface area contributed by atoms with E-state index < -0.39 is 0 Å². The first-order valence-corrected chi connectivity index (χ1v) is 15.3. The van der Waals surface area contributed by atoms with Crippen LogP contribution >= 0.6 is 0 Å². The van der Waals surface area contributed by atoms with Gasteiger partial charge in [-0.05, 0) is 50.9 Å². The normalized spacial score (nSPS) is 20.7. The number of rotatable bonds is 6. The standard InChI is InChI=1S/C34H38N8O/c1-4-31(43)41-17-13-25(18-24(41)12-15-35)42-22-36-32-33(42)28-14-16-39(30-11-7-9-23-8-5-6-10-27(23)30)21-29(28)37-34(32)40-19-26(20-40)38(2)3/h4-11,22,24-26H,1,12-14,16-21H2,2-3H3. The quantitative estimate of drug-likeness (QED) is 0.313. The van der Waals surface area contributed by atoms with Gasteiger partial charge in [0.25, 0.3) is 0 Å². The van der Waals surface area contributed by atoms with Gasteiger partial charge in [0, 0.05) is 60.9 Å². The molecule has 2 fully saturated rings. The van der Waals surface area contributed by atoms with E-state index in [4.69, 9.17) is 9.97 Å². The van der Waals surface area contributed by atoms with Gasteiger partial charge in [-0.1, -0.05) is 43.0 Å². The van der Waals surface area contributed by atoms with Crippen LogP contribution in [0.2, 0.25) is 0 Å². The fourth-order valence-corrected chi connectivity index (χ4v) is 7.24. The molecule has 2 aromatic heterocycles. The number of pyridine rings is 1. The molecule has 5 heterocycles. The van der Waals surface area contributed by atoms with E-state index in [1.165, 1.54) is 33.6 Å². The van der Waals surface area contributed by atoms with E-state index >= 15 is 0 Å². The smallest absolute Gasteiger partial charge is 0.246 e. The number of nitriles is 1. The van der Waals surface area contributed by atoms with Crippen molar-refractivity contribution in [2.24, 2.45) is 0 Å². The van der Waals surface area contributed by atoms with Crippen LogP contribution in [0.4, 0.5) is 11.5 Å². The van der Waals surface area contributed by atoms with E-state index in [0.717, 1.165) is 62.5 Å². The van der Waals surface area contributed by atoms with E-state index in [1.807, 2.05) is 11.2 Å². The molecule has 2 unspecified atom stereocenters. The van der Waals surface area contributed by atoms with Gasteiger partial charge in [-0.25, -0.2) is 9.97 Å². The van der Waals surface area contributed by atoms with Crippen LogP contribution in [-0.2, 0) is 17.8 Å². The van der Waals surface area contributed by atoms with Gasteiger partial charge in [0.2, 0.25) is 5.91 Å². The first-order valence-electron chi connectivity index (χ1n) is 15.3. The van der Waals surface area contributed by atoms with Crippen LogP contribution in [0.15, 0.2) is 61.4 Å². The molecule has 0 aliphatic carbocycles. The number of hydrogen-bond acceptors (Lipinski definition) is 7. The predicted octanol–water partition coefficient (Wildman–Crippen LogP) is 4.53. The van der Waals surface area contributed by atoms with E-state index in [2.05, 4.69) is 88.5 Å². The molecule has 0 saturated carbocycles. The molecular weight excluding hydrogens is 536 g/mol. The number of imidazole rings is 1. The molecule has 2 saturated heterocycles. The highest BCUT2D eigenvalue weighted by atomic mass is 16.2. The molecule has 3 aliphatic rings. The highest BCUT2D eigenvalue weighted by Crippen LogP contribution is 2.39. The molecule has 3 aliphatic heterocycles. The number of amides is 1. The van der Waals surface area contributed by atoms with Crippen LogP contribution in [0.25, 0.3) is 21.8 Å². The topological polar surface area (TPSA) is 84.5 Å². The summed E-state index contributed by atoms with van der Waals surface area (Å²) in [5.74, 6) is 0.873. The van der Waals surface area contributed by atoms with Crippen molar-refractivity contribution < 1.29 is 4.79 Å². The molecule has 2 atom stereocenters. The third-order valence-corrected chi connectivity index (χ3v) is 9.72. The zero-order chi connectivity index (χ0) is 29.7. The lowest BCUT2D eigenvalue weighted by Crippen LogP contribution is -2.58. The Bertz CT molecular complexity index is 1740. The maximum Gasteiger partial charge on any atom is 0.246 e. The average molecular weight is 575 g/mol. The van der Waals surface area contributed by atoms with Gasteiger partial charge in [-0.3, -0.25) is 4.79 Å². The van der Waals surface area contributed by atoms with Crippen LogP contribution in [-0.4, -0.2) is 82.6 Å². The van der Waals surface area contributed by atoms with Crippen molar-refractivity contribution in [3.8, 4) is 6.07 Å². The fraction of sp³-hybridized carbons (Fsp3) is 0.412. The van der Waals surface area contributed by atoms with E-state index in [1.54, 1.807) is 0 Å². The minimum atomic E-state index is -0.137. The van der Waals surface area contributed by atoms with Crippen molar-refractivity contribution in [3.05, 3.63) is 72.7 Å². The van der Waals surface area contributed by atoms with Gasteiger partial charge in [0.15, 0.2) is 5.82 Å².